The SMILES string of the molecule is CC[N+](C)(CC)CC#N.[Cl-]. The van der Waals surface area contributed by atoms with E-state index in [4.69, 9.17) is 5.26 Å². The number of rotatable bonds is 3. The second-order valence-electron chi connectivity index (χ2n) is 2.57. The monoisotopic (exact) mass is 162 g/mol. The van der Waals surface area contributed by atoms with Crippen molar-refractivity contribution in [3.8, 4) is 6.07 Å². The van der Waals surface area contributed by atoms with E-state index < -0.39 is 0 Å². The third kappa shape index (κ3) is 3.71. The summed E-state index contributed by atoms with van der Waals surface area (Å²) >= 11 is 0. The Morgan fingerprint density at radius 1 is 1.30 bits per heavy atom. The molecule has 0 rings (SSSR count). The molecule has 0 bridgehead atoms. The number of quaternary nitrogens is 1. The normalized spacial score (nSPS) is 9.80. The third-order valence-electron chi connectivity index (χ3n) is 1.98. The average molecular weight is 163 g/mol. The van der Waals surface area contributed by atoms with Gasteiger partial charge in [-0.3, -0.25) is 0 Å². The molecule has 0 aromatic carbocycles. The van der Waals surface area contributed by atoms with Crippen molar-refractivity contribution in [2.75, 3.05) is 26.7 Å². The summed E-state index contributed by atoms with van der Waals surface area (Å²) in [7, 11) is 2.10. The van der Waals surface area contributed by atoms with E-state index >= 15 is 0 Å². The van der Waals surface area contributed by atoms with Crippen molar-refractivity contribution < 1.29 is 16.9 Å². The molecule has 0 aliphatic carbocycles. The summed E-state index contributed by atoms with van der Waals surface area (Å²) in [5.41, 5.74) is 0. The average Bonchev–Trinajstić information content (AvgIpc) is 1.89. The highest BCUT2D eigenvalue weighted by atomic mass is 35.5. The molecule has 0 heterocycles. The van der Waals surface area contributed by atoms with Gasteiger partial charge in [0.1, 0.15) is 6.07 Å². The highest BCUT2D eigenvalue weighted by Crippen LogP contribution is 1.97. The summed E-state index contributed by atoms with van der Waals surface area (Å²) in [5.74, 6) is 0. The number of nitrogens with zero attached hydrogens (tertiary/aromatic N) is 2. The molecule has 10 heavy (non-hydrogen) atoms. The van der Waals surface area contributed by atoms with Crippen LogP contribution in [0.4, 0.5) is 0 Å². The summed E-state index contributed by atoms with van der Waals surface area (Å²) < 4.78 is 0.872. The maximum absolute atomic E-state index is 8.40. The Bertz CT molecular complexity index is 113. The van der Waals surface area contributed by atoms with Crippen LogP contribution in [-0.4, -0.2) is 31.2 Å². The van der Waals surface area contributed by atoms with Gasteiger partial charge in [-0.05, 0) is 13.8 Å². The first-order valence-electron chi connectivity index (χ1n) is 3.39. The lowest BCUT2D eigenvalue weighted by Crippen LogP contribution is -3.00. The number of nitriles is 1. The second kappa shape index (κ2) is 5.52. The fraction of sp³-hybridized carbons (Fsp3) is 0.857. The number of halogens is 1. The first-order valence-corrected chi connectivity index (χ1v) is 3.39. The van der Waals surface area contributed by atoms with Gasteiger partial charge in [-0.15, -0.1) is 0 Å². The van der Waals surface area contributed by atoms with Crippen LogP contribution in [0, 0.1) is 11.3 Å². The minimum Gasteiger partial charge on any atom is -1.00 e. The van der Waals surface area contributed by atoms with Gasteiger partial charge in [-0.1, -0.05) is 0 Å². The van der Waals surface area contributed by atoms with Gasteiger partial charge in [0, 0.05) is 0 Å². The molecule has 60 valence electrons. The van der Waals surface area contributed by atoms with Gasteiger partial charge in [0.15, 0.2) is 6.54 Å². The van der Waals surface area contributed by atoms with Crippen LogP contribution in [0.15, 0.2) is 0 Å². The number of hydrogen-bond donors (Lipinski definition) is 0. The third-order valence-corrected chi connectivity index (χ3v) is 1.98. The Kier molecular flexibility index (Phi) is 6.85. The van der Waals surface area contributed by atoms with Gasteiger partial charge in [-0.2, -0.15) is 5.26 Å². The summed E-state index contributed by atoms with van der Waals surface area (Å²) in [6.07, 6.45) is 0. The molecular weight excluding hydrogens is 148 g/mol. The molecule has 0 spiro atoms. The molecule has 0 aliphatic heterocycles. The Morgan fingerprint density at radius 2 is 1.70 bits per heavy atom. The van der Waals surface area contributed by atoms with Crippen molar-refractivity contribution in [1.29, 1.82) is 5.26 Å². The van der Waals surface area contributed by atoms with Crippen LogP contribution >= 0.6 is 0 Å². The maximum atomic E-state index is 8.40. The summed E-state index contributed by atoms with van der Waals surface area (Å²) in [5, 5.41) is 8.40. The van der Waals surface area contributed by atoms with Gasteiger partial charge >= 0.3 is 0 Å². The van der Waals surface area contributed by atoms with Crippen LogP contribution in [0.25, 0.3) is 0 Å². The highest BCUT2D eigenvalue weighted by molar-refractivity contribution is 4.67. The van der Waals surface area contributed by atoms with Gasteiger partial charge in [-0.25, -0.2) is 0 Å². The van der Waals surface area contributed by atoms with Crippen LogP contribution in [-0.2, 0) is 0 Å². The van der Waals surface area contributed by atoms with Gasteiger partial charge in [0.2, 0.25) is 0 Å². The standard InChI is InChI=1S/C7H15N2.ClH/c1-4-9(3,5-2)7-6-8;/h4-5,7H2,1-3H3;1H/q+1;/p-1. The first-order chi connectivity index (χ1) is 4.18. The van der Waals surface area contributed by atoms with E-state index in [9.17, 15) is 0 Å². The first kappa shape index (κ1) is 12.4. The van der Waals surface area contributed by atoms with Crippen molar-refractivity contribution >= 4 is 0 Å². The van der Waals surface area contributed by atoms with Crippen LogP contribution in [0.2, 0.25) is 0 Å². The quantitative estimate of drug-likeness (QED) is 0.348. The molecule has 0 aromatic rings. The largest absolute Gasteiger partial charge is 1.00 e. The molecule has 0 saturated carbocycles. The zero-order chi connectivity index (χ0) is 7.33. The minimum atomic E-state index is 0. The summed E-state index contributed by atoms with van der Waals surface area (Å²) in [4.78, 5) is 0. The van der Waals surface area contributed by atoms with Crippen LogP contribution in [0.5, 0.6) is 0 Å². The highest BCUT2D eigenvalue weighted by Gasteiger charge is 2.13. The molecular formula is C7H15ClN2. The van der Waals surface area contributed by atoms with E-state index in [1.54, 1.807) is 0 Å². The lowest BCUT2D eigenvalue weighted by atomic mass is 10.4. The zero-order valence-electron chi connectivity index (χ0n) is 6.89. The summed E-state index contributed by atoms with van der Waals surface area (Å²) in [6.45, 7) is 6.95. The van der Waals surface area contributed by atoms with E-state index in [0.717, 1.165) is 17.6 Å². The minimum absolute atomic E-state index is 0. The summed E-state index contributed by atoms with van der Waals surface area (Å²) in [6, 6.07) is 2.18. The fourth-order valence-corrected chi connectivity index (χ4v) is 0.618. The molecule has 0 aliphatic rings. The van der Waals surface area contributed by atoms with Gasteiger partial charge in [0.25, 0.3) is 0 Å². The maximum Gasteiger partial charge on any atom is 0.166 e. The van der Waals surface area contributed by atoms with Gasteiger partial charge < -0.3 is 16.9 Å². The fourth-order valence-electron chi connectivity index (χ4n) is 0.618. The van der Waals surface area contributed by atoms with Crippen molar-refractivity contribution in [3.05, 3.63) is 0 Å². The van der Waals surface area contributed by atoms with E-state index in [1.165, 1.54) is 0 Å². The van der Waals surface area contributed by atoms with Crippen molar-refractivity contribution in [2.24, 2.45) is 0 Å². The molecule has 2 nitrogen and oxygen atoms in total. The van der Waals surface area contributed by atoms with E-state index in [0.29, 0.717) is 6.54 Å². The van der Waals surface area contributed by atoms with Crippen LogP contribution in [0.1, 0.15) is 13.8 Å². The smallest absolute Gasteiger partial charge is 0.166 e. The lowest BCUT2D eigenvalue weighted by molar-refractivity contribution is -0.899. The molecule has 0 atom stereocenters. The predicted molar refractivity (Wildman–Crippen MR) is 37.7 cm³/mol. The van der Waals surface area contributed by atoms with Crippen LogP contribution < -0.4 is 12.4 Å². The van der Waals surface area contributed by atoms with Crippen molar-refractivity contribution in [2.45, 2.75) is 13.8 Å². The molecule has 0 saturated heterocycles. The van der Waals surface area contributed by atoms with E-state index in [1.807, 2.05) is 0 Å². The number of hydrogen-bond acceptors (Lipinski definition) is 1. The van der Waals surface area contributed by atoms with Crippen molar-refractivity contribution in [3.63, 3.8) is 0 Å². The van der Waals surface area contributed by atoms with Crippen LogP contribution in [0.3, 0.4) is 0 Å². The Balaban J connectivity index is 0. The Morgan fingerprint density at radius 3 is 1.80 bits per heavy atom. The van der Waals surface area contributed by atoms with E-state index in [2.05, 4.69) is 27.0 Å². The Labute approximate surface area is 69.4 Å². The topological polar surface area (TPSA) is 23.8 Å². The molecule has 0 aromatic heterocycles. The molecule has 0 unspecified atom stereocenters. The van der Waals surface area contributed by atoms with Crippen molar-refractivity contribution in [1.82, 2.24) is 0 Å². The lowest BCUT2D eigenvalue weighted by Gasteiger charge is -2.28. The Hall–Kier alpha value is -0.260. The molecule has 3 heteroatoms. The molecule has 0 fully saturated rings. The molecule has 0 N–H and O–H groups in total. The molecule has 0 radical (unpaired) electrons. The zero-order valence-corrected chi connectivity index (χ0v) is 7.65. The van der Waals surface area contributed by atoms with Gasteiger partial charge in [0.05, 0.1) is 20.1 Å². The second-order valence-corrected chi connectivity index (χ2v) is 2.57. The molecule has 0 amide bonds. The predicted octanol–water partition coefficient (Wildman–Crippen LogP) is -2.00. The van der Waals surface area contributed by atoms with E-state index in [-0.39, 0.29) is 12.4 Å².